The molecule has 24 N–H and O–H groups in total. The predicted octanol–water partition coefficient (Wildman–Crippen LogP) is -5.83. The van der Waals surface area contributed by atoms with E-state index in [0.29, 0.717) is 40.1 Å². The maximum absolute atomic E-state index is 15.0. The first kappa shape index (κ1) is 99.2. The summed E-state index contributed by atoms with van der Waals surface area (Å²) in [4.78, 5) is 277. The van der Waals surface area contributed by atoms with Gasteiger partial charge in [0.15, 0.2) is 12.2 Å². The van der Waals surface area contributed by atoms with Crippen molar-refractivity contribution < 1.29 is 131 Å². The number of hydrogen-bond donors (Lipinski definition) is 21. The number of hydrogen-bond acceptors (Lipinski definition) is 24. The molecule has 1 saturated heterocycles. The van der Waals surface area contributed by atoms with E-state index >= 15 is 0 Å². The second-order valence-corrected chi connectivity index (χ2v) is 28.4. The number of carboxylic acids is 4. The van der Waals surface area contributed by atoms with Gasteiger partial charge in [0.25, 0.3) is 0 Å². The molecule has 0 aliphatic carbocycles. The van der Waals surface area contributed by atoms with E-state index in [1.165, 1.54) is 13.8 Å². The quantitative estimate of drug-likeness (QED) is 0.0220. The summed E-state index contributed by atoms with van der Waals surface area (Å²) in [7, 11) is 1.70. The van der Waals surface area contributed by atoms with Crippen LogP contribution in [-0.4, -0.2) is 272 Å². The Morgan fingerprint density at radius 1 is 0.615 bits per heavy atom. The number of ether oxygens (including phenoxy) is 2. The fraction of sp³-hybridized carbons (Fsp3) is 0.616. The Labute approximate surface area is 672 Å². The third-order valence-electron chi connectivity index (χ3n) is 19.1. The normalized spacial score (nSPS) is 22.0. The summed E-state index contributed by atoms with van der Waals surface area (Å²) >= 11 is 0. The van der Waals surface area contributed by atoms with E-state index in [2.05, 4.69) is 72.0 Å². The first-order chi connectivity index (χ1) is 55.1. The monoisotopic (exact) mass is 1660 g/mol. The summed E-state index contributed by atoms with van der Waals surface area (Å²) in [5.74, 6) is -29.0. The maximum Gasteiger partial charge on any atom is 0.335 e. The molecular weight excluding hydrogens is 1550 g/mol. The van der Waals surface area contributed by atoms with E-state index in [1.807, 2.05) is 10.6 Å². The van der Waals surface area contributed by atoms with Gasteiger partial charge >= 0.3 is 29.8 Å². The van der Waals surface area contributed by atoms with E-state index in [1.54, 1.807) is 30.5 Å². The smallest absolute Gasteiger partial charge is 0.335 e. The molecule has 2 aromatic rings. The number of likely N-dealkylation sites (N-methyl/N-ethyl adjacent to an activating group) is 1. The zero-order chi connectivity index (χ0) is 88.1. The molecule has 16 atom stereocenters. The summed E-state index contributed by atoms with van der Waals surface area (Å²) in [6, 6.07) is -15.7. The summed E-state index contributed by atoms with van der Waals surface area (Å²) < 4.78 is 10.7. The minimum atomic E-state index is -2.80. The molecule has 1 aliphatic rings. The van der Waals surface area contributed by atoms with Crippen molar-refractivity contribution in [2.45, 2.75) is 242 Å². The van der Waals surface area contributed by atoms with Crippen LogP contribution in [0.1, 0.15) is 156 Å². The summed E-state index contributed by atoms with van der Waals surface area (Å²) in [6.45, 7) is 6.67. The molecule has 1 aliphatic heterocycles. The zero-order valence-corrected chi connectivity index (χ0v) is 66.4. The van der Waals surface area contributed by atoms with Gasteiger partial charge in [0.05, 0.1) is 25.9 Å². The van der Waals surface area contributed by atoms with E-state index < -0.39 is 261 Å². The molecule has 44 nitrogen and oxygen atoms in total. The lowest BCUT2D eigenvalue weighted by molar-refractivity contribution is -0.159. The van der Waals surface area contributed by atoms with Gasteiger partial charge in [0.1, 0.15) is 72.6 Å². The van der Waals surface area contributed by atoms with Crippen LogP contribution in [0.25, 0.3) is 10.9 Å². The standard InChI is InChI=1S/C73H111N17O27/c1-9-35(3)19-13-11-12-14-23-49(92)80-45(29-39-32-77-41-21-16-15-20-40(39)41)66(107)83-44(25-27-53(97)98)65(106)88-57(59(101)61(76)102)70(111)87-56-38(6)117-73(115)55(36(4)10-2)86-64(105)43(24-26-52(95)96)84-67(108)46(30-48(75)91)81-50(93)33-78-69(110)58(60(116-8)72(113)114)89-63(104)42(22-17-18-28-74)82-68(109)47(31-54(99)100)85-62(103)37(5)79-51(94)34-90(7)71(56)112/h15-16,20-21,32,35-38,42-47,55-60,77,101H,9-14,17-19,22-31,33-34,74H2,1-8H3,(H2,75,91)(H2,76,102)(H,78,110)(H,79,94)(H,80,92)(H,81,93)(H,82,109)(H,83,107)(H,84,108)(H,85,103)(H,86,105)(H,87,111)(H,88,106)(H,89,104)(H,95,96)(H,97,98)(H,99,100)(H,113,114)/t35-,36-,37-,38+,42+,43-,44+,45-,46+,47-,55-,56-,57-,58-,59+,60+/m0/s1. The number of unbranched alkanes of at least 4 members (excludes halogenated alkanes) is 4. The number of amides is 15. The lowest BCUT2D eigenvalue weighted by Gasteiger charge is -2.32. The molecule has 1 fully saturated rings. The third kappa shape index (κ3) is 33.8. The number of aromatic nitrogens is 1. The number of rotatable bonds is 38. The van der Waals surface area contributed by atoms with Gasteiger partial charge in [-0.25, -0.2) is 9.59 Å². The number of aliphatic hydroxyl groups is 1. The van der Waals surface area contributed by atoms with Gasteiger partial charge in [-0.2, -0.15) is 0 Å². The number of carboxylic acid groups (broad SMARTS) is 4. The molecular formula is C73H111N17O27. The van der Waals surface area contributed by atoms with Crippen LogP contribution in [0, 0.1) is 11.8 Å². The first-order valence-corrected chi connectivity index (χ1v) is 38.0. The second-order valence-electron chi connectivity index (χ2n) is 28.4. The number of H-pyrrole nitrogens is 1. The number of para-hydroxylation sites is 1. The fourth-order valence-corrected chi connectivity index (χ4v) is 12.0. The topological polar surface area (TPSA) is 702 Å². The van der Waals surface area contributed by atoms with Crippen LogP contribution >= 0.6 is 0 Å². The largest absolute Gasteiger partial charge is 0.481 e. The van der Waals surface area contributed by atoms with E-state index in [-0.39, 0.29) is 45.1 Å². The van der Waals surface area contributed by atoms with Crippen molar-refractivity contribution in [3.8, 4) is 0 Å². The molecule has 0 unspecified atom stereocenters. The van der Waals surface area contributed by atoms with E-state index in [9.17, 15) is 121 Å². The number of nitrogens with two attached hydrogens (primary N) is 3. The molecule has 0 radical (unpaired) electrons. The number of aliphatic carboxylic acids is 4. The SMILES string of the molecule is CC[C@H](C)CCCCCCC(=O)N[C@@H](Cc1c[nH]c2ccccc12)C(=O)N[C@H](CCC(=O)O)C(=O)N[C@H](C(=O)N[C@@H]1C(=O)N(C)CC(=O)N[C@@H](C)C(=O)N[C@@H](CC(=O)O)C(=O)N[C@H](CCCCN)C(=O)N[C@@H]([C@@H](OC)C(=O)O)C(=O)NCC(=O)N[C@H](CC(N)=O)C(=O)N[C@@H](CCC(=O)O)C(=O)N[C@@H]([C@@H](C)CC)C(=O)O[C@@H]1C)[C@@H](O)C(N)=O. The average Bonchev–Trinajstić information content (AvgIpc) is 1.75. The number of nitrogens with zero attached hydrogens (tertiary/aromatic N) is 1. The first-order valence-electron chi connectivity index (χ1n) is 38.0. The van der Waals surface area contributed by atoms with Gasteiger partial charge in [-0.1, -0.05) is 84.4 Å². The zero-order valence-electron chi connectivity index (χ0n) is 66.4. The number of cyclic esters (lactones) is 1. The van der Waals surface area contributed by atoms with E-state index in [4.69, 9.17) is 26.7 Å². The number of fused-ring (bicyclic) bond motifs is 1. The highest BCUT2D eigenvalue weighted by Crippen LogP contribution is 2.22. The van der Waals surface area contributed by atoms with E-state index in [0.717, 1.165) is 53.7 Å². The minimum absolute atomic E-state index is 0.00540. The van der Waals surface area contributed by atoms with Crippen molar-refractivity contribution in [1.82, 2.24) is 73.7 Å². The Balaban J connectivity index is 2.28. The van der Waals surface area contributed by atoms with Gasteiger partial charge < -0.3 is 126 Å². The number of esters is 1. The molecule has 0 spiro atoms. The Morgan fingerprint density at radius 3 is 1.79 bits per heavy atom. The predicted molar refractivity (Wildman–Crippen MR) is 408 cm³/mol. The fourth-order valence-electron chi connectivity index (χ4n) is 12.0. The van der Waals surface area contributed by atoms with Crippen LogP contribution in [0.2, 0.25) is 0 Å². The van der Waals surface area contributed by atoms with Crippen molar-refractivity contribution in [2.24, 2.45) is 29.0 Å². The van der Waals surface area contributed by atoms with Crippen molar-refractivity contribution in [1.29, 1.82) is 0 Å². The number of carbonyl (C=O) groups is 20. The molecule has 117 heavy (non-hydrogen) atoms. The Bertz CT molecular complexity index is 3880. The number of benzene rings is 1. The van der Waals surface area contributed by atoms with Gasteiger partial charge in [-0.05, 0) is 82.4 Å². The lowest BCUT2D eigenvalue weighted by atomic mass is 9.98. The summed E-state index contributed by atoms with van der Waals surface area (Å²) in [5.41, 5.74) is 17.8. The van der Waals surface area contributed by atoms with Crippen LogP contribution in [0.15, 0.2) is 30.5 Å². The highest BCUT2D eigenvalue weighted by atomic mass is 16.5. The van der Waals surface area contributed by atoms with Crippen molar-refractivity contribution >= 4 is 129 Å². The Hall–Kier alpha value is -12.0. The molecule has 1 aromatic carbocycles. The highest BCUT2D eigenvalue weighted by Gasteiger charge is 2.44. The number of carbonyl (C=O) groups excluding carboxylic acids is 16. The minimum Gasteiger partial charge on any atom is -0.481 e. The molecule has 650 valence electrons. The molecule has 2 heterocycles. The van der Waals surface area contributed by atoms with Crippen LogP contribution in [0.3, 0.4) is 0 Å². The molecule has 3 rings (SSSR count). The lowest BCUT2D eigenvalue weighted by Crippen LogP contribution is -2.64. The van der Waals surface area contributed by atoms with Gasteiger partial charge in [0, 0.05) is 56.9 Å². The Kier molecular flexibility index (Phi) is 42.2. The summed E-state index contributed by atoms with van der Waals surface area (Å²) in [5, 5.41) is 78.1. The van der Waals surface area contributed by atoms with Crippen molar-refractivity contribution in [3.63, 3.8) is 0 Å². The third-order valence-corrected chi connectivity index (χ3v) is 19.1. The van der Waals surface area contributed by atoms with Crippen LogP contribution in [0.5, 0.6) is 0 Å². The number of aliphatic hydroxyl groups excluding tert-OH is 1. The van der Waals surface area contributed by atoms with Crippen LogP contribution in [-0.2, 0) is 112 Å². The molecule has 1 aromatic heterocycles. The second kappa shape index (κ2) is 49.7. The van der Waals surface area contributed by atoms with Gasteiger partial charge in [-0.15, -0.1) is 0 Å². The average molecular weight is 1660 g/mol. The van der Waals surface area contributed by atoms with Crippen molar-refractivity contribution in [3.05, 3.63) is 36.0 Å². The van der Waals surface area contributed by atoms with Crippen molar-refractivity contribution in [2.75, 3.05) is 33.8 Å². The number of methoxy groups -OCH3 is 1. The summed E-state index contributed by atoms with van der Waals surface area (Å²) in [6.07, 6.45) is -6.91. The maximum atomic E-state index is 15.0. The van der Waals surface area contributed by atoms with Gasteiger partial charge in [0.2, 0.25) is 88.6 Å². The van der Waals surface area contributed by atoms with Gasteiger partial charge in [-0.3, -0.25) is 86.3 Å². The Morgan fingerprint density at radius 2 is 1.21 bits per heavy atom. The number of aromatic amines is 1. The van der Waals surface area contributed by atoms with Crippen LogP contribution < -0.4 is 81.0 Å². The van der Waals surface area contributed by atoms with Crippen LogP contribution in [0.4, 0.5) is 0 Å². The molecule has 0 saturated carbocycles. The molecule has 0 bridgehead atoms. The molecule has 15 amide bonds. The number of primary amides is 2. The highest BCUT2D eigenvalue weighted by molar-refractivity contribution is 6.02. The molecule has 44 heteroatoms. The number of nitrogens with one attached hydrogen (secondary N) is 13.